The van der Waals surface area contributed by atoms with Gasteiger partial charge in [-0.3, -0.25) is 0 Å². The zero-order valence-electron chi connectivity index (χ0n) is 13.8. The summed E-state index contributed by atoms with van der Waals surface area (Å²) in [5.74, 6) is -1.33. The van der Waals surface area contributed by atoms with Crippen LogP contribution in [0.25, 0.3) is 11.0 Å². The van der Waals surface area contributed by atoms with Crippen LogP contribution in [0.15, 0.2) is 54.6 Å². The maximum absolute atomic E-state index is 14.0. The van der Waals surface area contributed by atoms with E-state index in [1.54, 1.807) is 36.4 Å². The predicted molar refractivity (Wildman–Crippen MR) is 88.5 cm³/mol. The summed E-state index contributed by atoms with van der Waals surface area (Å²) < 4.78 is 82.4. The van der Waals surface area contributed by atoms with Crippen LogP contribution in [0.4, 0.5) is 26.3 Å². The quantitative estimate of drug-likeness (QED) is 0.467. The van der Waals surface area contributed by atoms with Gasteiger partial charge in [-0.25, -0.2) is 18.7 Å². The number of hydrogen-bond donors (Lipinski definition) is 0. The minimum absolute atomic E-state index is 0.0292. The Morgan fingerprint density at radius 3 is 1.93 bits per heavy atom. The first kappa shape index (κ1) is 19.5. The van der Waals surface area contributed by atoms with E-state index in [0.717, 1.165) is 0 Å². The maximum Gasteiger partial charge on any atom is 0.466 e. The average molecular weight is 396 g/mol. The van der Waals surface area contributed by atoms with Gasteiger partial charge in [0.2, 0.25) is 0 Å². The molecule has 1 unspecified atom stereocenters. The summed E-state index contributed by atoms with van der Waals surface area (Å²) in [7, 11) is 0. The Labute approximate surface area is 155 Å². The molecule has 1 heterocycles. The minimum Gasteiger partial charge on any atom is -0.425 e. The molecule has 0 aliphatic rings. The summed E-state index contributed by atoms with van der Waals surface area (Å²) in [6.45, 7) is 0. The fraction of sp³-hybridized carbons (Fsp3) is 0.158. The van der Waals surface area contributed by atoms with Crippen molar-refractivity contribution in [3.63, 3.8) is 0 Å². The standard InChI is InChI=1S/C19H10F6N2O/c20-17(21)18(22,19(23,24)25)28-16-15(11-10-12-6-2-1-3-7-12)26-13-8-4-5-9-14(13)27-16/h1-9,17H. The molecule has 3 rings (SSSR count). The summed E-state index contributed by atoms with van der Waals surface area (Å²) in [4.78, 5) is 7.68. The van der Waals surface area contributed by atoms with Crippen LogP contribution < -0.4 is 4.74 Å². The first-order valence-corrected chi connectivity index (χ1v) is 7.77. The smallest absolute Gasteiger partial charge is 0.425 e. The molecular formula is C19H10F6N2O. The minimum atomic E-state index is -6.00. The van der Waals surface area contributed by atoms with E-state index in [2.05, 4.69) is 26.5 Å². The van der Waals surface area contributed by atoms with E-state index in [0.29, 0.717) is 5.56 Å². The van der Waals surface area contributed by atoms with Crippen LogP contribution in [-0.2, 0) is 0 Å². The largest absolute Gasteiger partial charge is 0.466 e. The van der Waals surface area contributed by atoms with Gasteiger partial charge in [0.05, 0.1) is 11.0 Å². The molecule has 0 radical (unpaired) electrons. The molecule has 3 aromatic rings. The third kappa shape index (κ3) is 3.86. The van der Waals surface area contributed by atoms with Gasteiger partial charge in [-0.2, -0.15) is 17.6 Å². The number of rotatable bonds is 3. The first-order valence-electron chi connectivity index (χ1n) is 7.77. The Morgan fingerprint density at radius 1 is 0.786 bits per heavy atom. The highest BCUT2D eigenvalue weighted by molar-refractivity contribution is 5.75. The number of nitrogens with zero attached hydrogens (tertiary/aromatic N) is 2. The van der Waals surface area contributed by atoms with E-state index in [4.69, 9.17) is 0 Å². The van der Waals surface area contributed by atoms with Crippen molar-refractivity contribution in [3.8, 4) is 17.7 Å². The highest BCUT2D eigenvalue weighted by atomic mass is 19.4. The van der Waals surface area contributed by atoms with E-state index in [1.807, 2.05) is 0 Å². The van der Waals surface area contributed by atoms with Crippen molar-refractivity contribution in [1.29, 1.82) is 0 Å². The van der Waals surface area contributed by atoms with E-state index in [1.165, 1.54) is 18.2 Å². The van der Waals surface area contributed by atoms with Crippen LogP contribution in [0.2, 0.25) is 0 Å². The second-order valence-corrected chi connectivity index (χ2v) is 5.53. The normalized spacial score (nSPS) is 13.7. The fourth-order valence-electron chi connectivity index (χ4n) is 2.16. The Bertz CT molecular complexity index is 1040. The molecule has 9 heteroatoms. The van der Waals surface area contributed by atoms with Crippen molar-refractivity contribution in [2.24, 2.45) is 0 Å². The average Bonchev–Trinajstić information content (AvgIpc) is 2.66. The summed E-state index contributed by atoms with van der Waals surface area (Å²) in [6.07, 6.45) is -10.5. The monoisotopic (exact) mass is 396 g/mol. The predicted octanol–water partition coefficient (Wildman–Crippen LogP) is 4.90. The van der Waals surface area contributed by atoms with Crippen molar-refractivity contribution < 1.29 is 31.1 Å². The van der Waals surface area contributed by atoms with Crippen molar-refractivity contribution in [1.82, 2.24) is 9.97 Å². The number of aromatic nitrogens is 2. The zero-order chi connectivity index (χ0) is 20.4. The van der Waals surface area contributed by atoms with E-state index < -0.39 is 30.0 Å². The Morgan fingerprint density at radius 2 is 1.36 bits per heavy atom. The number of alkyl halides is 6. The summed E-state index contributed by atoms with van der Waals surface area (Å²) in [6, 6.07) is 14.2. The molecule has 1 atom stereocenters. The third-order valence-corrected chi connectivity index (χ3v) is 3.55. The highest BCUT2D eigenvalue weighted by Crippen LogP contribution is 2.40. The lowest BCUT2D eigenvalue weighted by atomic mass is 10.2. The second-order valence-electron chi connectivity index (χ2n) is 5.53. The lowest BCUT2D eigenvalue weighted by Gasteiger charge is -2.27. The number of fused-ring (bicyclic) bond motifs is 1. The highest BCUT2D eigenvalue weighted by Gasteiger charge is 2.66. The Hall–Kier alpha value is -3.28. The molecule has 0 aliphatic carbocycles. The van der Waals surface area contributed by atoms with E-state index in [-0.39, 0.29) is 11.0 Å². The molecule has 0 amide bonds. The van der Waals surface area contributed by atoms with Crippen LogP contribution in [0, 0.1) is 11.8 Å². The number of halogens is 6. The summed E-state index contributed by atoms with van der Waals surface area (Å²) in [5, 5.41) is 0. The number of para-hydroxylation sites is 2. The fourth-order valence-corrected chi connectivity index (χ4v) is 2.16. The molecule has 1 aromatic heterocycles. The van der Waals surface area contributed by atoms with Gasteiger partial charge in [0.25, 0.3) is 5.88 Å². The maximum atomic E-state index is 14.0. The van der Waals surface area contributed by atoms with Gasteiger partial charge in [-0.15, -0.1) is 0 Å². The van der Waals surface area contributed by atoms with Crippen LogP contribution >= 0.6 is 0 Å². The van der Waals surface area contributed by atoms with Gasteiger partial charge in [0.15, 0.2) is 5.69 Å². The topological polar surface area (TPSA) is 35.0 Å². The summed E-state index contributed by atoms with van der Waals surface area (Å²) in [5.41, 5.74) is 0.219. The van der Waals surface area contributed by atoms with Crippen molar-refractivity contribution in [2.45, 2.75) is 18.5 Å². The zero-order valence-corrected chi connectivity index (χ0v) is 13.8. The van der Waals surface area contributed by atoms with Gasteiger partial charge in [-0.05, 0) is 30.2 Å². The molecule has 0 saturated carbocycles. The lowest BCUT2D eigenvalue weighted by molar-refractivity contribution is -0.341. The Balaban J connectivity index is 2.13. The SMILES string of the molecule is FC(F)C(F)(Oc1nc2ccccc2nc1C#Cc1ccccc1)C(F)(F)F. The van der Waals surface area contributed by atoms with Crippen molar-refractivity contribution in [2.75, 3.05) is 0 Å². The molecule has 0 fully saturated rings. The van der Waals surface area contributed by atoms with Gasteiger partial charge in [-0.1, -0.05) is 36.3 Å². The molecule has 2 aromatic carbocycles. The van der Waals surface area contributed by atoms with Crippen molar-refractivity contribution in [3.05, 3.63) is 65.9 Å². The lowest BCUT2D eigenvalue weighted by Crippen LogP contribution is -2.52. The van der Waals surface area contributed by atoms with E-state index in [9.17, 15) is 26.3 Å². The van der Waals surface area contributed by atoms with Gasteiger partial charge < -0.3 is 4.74 Å². The van der Waals surface area contributed by atoms with Crippen LogP contribution in [0.1, 0.15) is 11.3 Å². The number of benzene rings is 2. The molecule has 0 spiro atoms. The van der Waals surface area contributed by atoms with Crippen LogP contribution in [-0.4, -0.2) is 28.4 Å². The number of hydrogen-bond acceptors (Lipinski definition) is 3. The van der Waals surface area contributed by atoms with Gasteiger partial charge in [0, 0.05) is 5.56 Å². The van der Waals surface area contributed by atoms with Gasteiger partial charge >= 0.3 is 18.5 Å². The van der Waals surface area contributed by atoms with Crippen LogP contribution in [0.3, 0.4) is 0 Å². The van der Waals surface area contributed by atoms with Gasteiger partial charge in [0.1, 0.15) is 0 Å². The first-order chi connectivity index (χ1) is 13.2. The molecule has 144 valence electrons. The summed E-state index contributed by atoms with van der Waals surface area (Å²) >= 11 is 0. The number of ether oxygens (including phenoxy) is 1. The molecule has 28 heavy (non-hydrogen) atoms. The molecule has 0 aliphatic heterocycles. The molecule has 0 saturated heterocycles. The van der Waals surface area contributed by atoms with Crippen LogP contribution in [0.5, 0.6) is 5.88 Å². The third-order valence-electron chi connectivity index (χ3n) is 3.55. The molecule has 0 bridgehead atoms. The van der Waals surface area contributed by atoms with Crippen molar-refractivity contribution >= 4 is 11.0 Å². The molecule has 3 nitrogen and oxygen atoms in total. The second kappa shape index (κ2) is 7.38. The Kier molecular flexibility index (Phi) is 5.14. The van der Waals surface area contributed by atoms with E-state index >= 15 is 0 Å². The molecule has 0 N–H and O–H groups in total. The molecular weight excluding hydrogens is 386 g/mol.